The molecule has 0 atom stereocenters. The first-order valence-corrected chi connectivity index (χ1v) is 10.9. The van der Waals surface area contributed by atoms with Crippen molar-refractivity contribution in [3.05, 3.63) is 0 Å². The Kier molecular flexibility index (Phi) is 19.9. The Morgan fingerprint density at radius 1 is 0.636 bits per heavy atom. The molecule has 0 rings (SSSR count). The SMILES string of the molecule is Br.CCCCCCCCCCCCCCCCNS(C)(=O)=O. The molecular formula is C17H38BrNO2S. The zero-order chi connectivity index (χ0) is 15.8. The highest BCUT2D eigenvalue weighted by Gasteiger charge is 1.98. The van der Waals surface area contributed by atoms with Gasteiger partial charge in [0.05, 0.1) is 6.26 Å². The fraction of sp³-hybridized carbons (Fsp3) is 1.00. The van der Waals surface area contributed by atoms with Gasteiger partial charge in [0.25, 0.3) is 0 Å². The number of nitrogens with one attached hydrogen (secondary N) is 1. The van der Waals surface area contributed by atoms with Crippen LogP contribution in [-0.4, -0.2) is 21.2 Å². The summed E-state index contributed by atoms with van der Waals surface area (Å²) in [7, 11) is -2.99. The number of sulfonamides is 1. The van der Waals surface area contributed by atoms with Gasteiger partial charge in [0.1, 0.15) is 0 Å². The molecule has 5 heteroatoms. The molecule has 0 unspecified atom stereocenters. The first-order chi connectivity index (χ1) is 10.1. The third kappa shape index (κ3) is 22.7. The second-order valence-corrected chi connectivity index (χ2v) is 8.10. The molecule has 0 aromatic rings. The first-order valence-electron chi connectivity index (χ1n) is 9.01. The van der Waals surface area contributed by atoms with Crippen molar-refractivity contribution >= 4 is 27.0 Å². The molecule has 0 amide bonds. The average molecular weight is 400 g/mol. The van der Waals surface area contributed by atoms with Crippen LogP contribution in [0.5, 0.6) is 0 Å². The van der Waals surface area contributed by atoms with E-state index in [1.807, 2.05) is 0 Å². The van der Waals surface area contributed by atoms with Crippen molar-refractivity contribution in [1.29, 1.82) is 0 Å². The molecule has 0 aliphatic heterocycles. The van der Waals surface area contributed by atoms with Gasteiger partial charge >= 0.3 is 0 Å². The van der Waals surface area contributed by atoms with Gasteiger partial charge in [-0.2, -0.15) is 0 Å². The largest absolute Gasteiger partial charge is 0.215 e. The predicted molar refractivity (Wildman–Crippen MR) is 103 cm³/mol. The van der Waals surface area contributed by atoms with Crippen molar-refractivity contribution in [2.75, 3.05) is 12.8 Å². The summed E-state index contributed by atoms with van der Waals surface area (Å²) < 4.78 is 24.2. The highest BCUT2D eigenvalue weighted by Crippen LogP contribution is 2.12. The van der Waals surface area contributed by atoms with Crippen LogP contribution in [0.25, 0.3) is 0 Å². The standard InChI is InChI=1S/C17H37NO2S.BrH/c1-3-4-5-6-7-8-9-10-11-12-13-14-15-16-17-18-21(2,19)20;/h18H,3-17H2,1-2H3;1H. The lowest BCUT2D eigenvalue weighted by Crippen LogP contribution is -2.22. The number of unbranched alkanes of at least 4 members (excludes halogenated alkanes) is 13. The van der Waals surface area contributed by atoms with Gasteiger partial charge < -0.3 is 0 Å². The average Bonchev–Trinajstić information content (AvgIpc) is 2.42. The molecule has 0 aliphatic rings. The smallest absolute Gasteiger partial charge is 0.208 e. The van der Waals surface area contributed by atoms with Crippen LogP contribution in [0.4, 0.5) is 0 Å². The van der Waals surface area contributed by atoms with E-state index in [1.54, 1.807) is 0 Å². The Hall–Kier alpha value is 0.390. The quantitative estimate of drug-likeness (QED) is 0.343. The molecular weight excluding hydrogens is 362 g/mol. The summed E-state index contributed by atoms with van der Waals surface area (Å²) in [6.45, 7) is 2.86. The van der Waals surface area contributed by atoms with E-state index in [1.165, 1.54) is 83.3 Å². The second-order valence-electron chi connectivity index (χ2n) is 6.26. The summed E-state index contributed by atoms with van der Waals surface area (Å²) in [5, 5.41) is 0. The van der Waals surface area contributed by atoms with Gasteiger partial charge in [-0.15, -0.1) is 17.0 Å². The van der Waals surface area contributed by atoms with E-state index in [0.717, 1.165) is 12.8 Å². The maximum Gasteiger partial charge on any atom is 0.208 e. The zero-order valence-electron chi connectivity index (χ0n) is 14.7. The van der Waals surface area contributed by atoms with E-state index in [2.05, 4.69) is 11.6 Å². The molecule has 0 fully saturated rings. The van der Waals surface area contributed by atoms with Gasteiger partial charge in [-0.3, -0.25) is 0 Å². The van der Waals surface area contributed by atoms with Crippen molar-refractivity contribution in [2.24, 2.45) is 0 Å². The molecule has 0 radical (unpaired) electrons. The number of hydrogen-bond acceptors (Lipinski definition) is 2. The predicted octanol–water partition coefficient (Wildman–Crippen LogP) is 5.59. The van der Waals surface area contributed by atoms with Crippen LogP contribution in [0.3, 0.4) is 0 Å². The van der Waals surface area contributed by atoms with Crippen LogP contribution < -0.4 is 4.72 Å². The molecule has 0 aromatic heterocycles. The van der Waals surface area contributed by atoms with Gasteiger partial charge in [-0.1, -0.05) is 90.4 Å². The fourth-order valence-electron chi connectivity index (χ4n) is 2.58. The second kappa shape index (κ2) is 17.7. The van der Waals surface area contributed by atoms with Gasteiger partial charge in [0.2, 0.25) is 10.0 Å². The molecule has 3 nitrogen and oxygen atoms in total. The van der Waals surface area contributed by atoms with Crippen molar-refractivity contribution < 1.29 is 8.42 Å². The fourth-order valence-corrected chi connectivity index (χ4v) is 3.09. The van der Waals surface area contributed by atoms with Gasteiger partial charge in [0.15, 0.2) is 0 Å². The van der Waals surface area contributed by atoms with E-state index >= 15 is 0 Å². The molecule has 0 saturated carbocycles. The number of hydrogen-bond donors (Lipinski definition) is 1. The summed E-state index contributed by atoms with van der Waals surface area (Å²) in [5.41, 5.74) is 0. The maximum atomic E-state index is 10.9. The Labute approximate surface area is 149 Å². The summed E-state index contributed by atoms with van der Waals surface area (Å²) in [6.07, 6.45) is 19.8. The minimum atomic E-state index is -2.99. The van der Waals surface area contributed by atoms with Crippen LogP contribution in [0.15, 0.2) is 0 Å². The van der Waals surface area contributed by atoms with E-state index in [4.69, 9.17) is 0 Å². The monoisotopic (exact) mass is 399 g/mol. The normalized spacial score (nSPS) is 11.4. The van der Waals surface area contributed by atoms with Crippen molar-refractivity contribution in [3.63, 3.8) is 0 Å². The Bertz CT molecular complexity index is 308. The molecule has 0 heterocycles. The van der Waals surface area contributed by atoms with Crippen molar-refractivity contribution in [3.8, 4) is 0 Å². The lowest BCUT2D eigenvalue weighted by Gasteiger charge is -2.04. The van der Waals surface area contributed by atoms with E-state index in [0.29, 0.717) is 6.54 Å². The molecule has 22 heavy (non-hydrogen) atoms. The minimum Gasteiger partial charge on any atom is -0.215 e. The highest BCUT2D eigenvalue weighted by molar-refractivity contribution is 8.93. The lowest BCUT2D eigenvalue weighted by molar-refractivity contribution is 0.533. The maximum absolute atomic E-state index is 10.9. The summed E-state index contributed by atoms with van der Waals surface area (Å²) >= 11 is 0. The Balaban J connectivity index is 0. The number of rotatable bonds is 16. The molecule has 0 spiro atoms. The van der Waals surface area contributed by atoms with Gasteiger partial charge in [-0.05, 0) is 6.42 Å². The summed E-state index contributed by atoms with van der Waals surface area (Å²) in [4.78, 5) is 0. The third-order valence-corrected chi connectivity index (χ3v) is 4.62. The van der Waals surface area contributed by atoms with Crippen molar-refractivity contribution in [2.45, 2.75) is 96.8 Å². The van der Waals surface area contributed by atoms with Crippen LogP contribution in [0.2, 0.25) is 0 Å². The molecule has 0 aliphatic carbocycles. The number of halogens is 1. The molecule has 136 valence electrons. The van der Waals surface area contributed by atoms with E-state index in [9.17, 15) is 8.42 Å². The lowest BCUT2D eigenvalue weighted by atomic mass is 10.0. The molecule has 0 aromatic carbocycles. The summed E-state index contributed by atoms with van der Waals surface area (Å²) in [6, 6.07) is 0. The zero-order valence-corrected chi connectivity index (χ0v) is 17.3. The molecule has 0 bridgehead atoms. The van der Waals surface area contributed by atoms with E-state index in [-0.39, 0.29) is 17.0 Å². The topological polar surface area (TPSA) is 46.2 Å². The Morgan fingerprint density at radius 2 is 0.955 bits per heavy atom. The van der Waals surface area contributed by atoms with Crippen molar-refractivity contribution in [1.82, 2.24) is 4.72 Å². The highest BCUT2D eigenvalue weighted by atomic mass is 79.9. The van der Waals surface area contributed by atoms with Crippen LogP contribution in [-0.2, 0) is 10.0 Å². The van der Waals surface area contributed by atoms with Crippen LogP contribution in [0.1, 0.15) is 96.8 Å². The van der Waals surface area contributed by atoms with Crippen LogP contribution in [0, 0.1) is 0 Å². The minimum absolute atomic E-state index is 0. The third-order valence-electron chi connectivity index (χ3n) is 3.89. The van der Waals surface area contributed by atoms with Crippen LogP contribution >= 0.6 is 17.0 Å². The van der Waals surface area contributed by atoms with Gasteiger partial charge in [-0.25, -0.2) is 13.1 Å². The van der Waals surface area contributed by atoms with E-state index < -0.39 is 10.0 Å². The summed E-state index contributed by atoms with van der Waals surface area (Å²) in [5.74, 6) is 0. The first kappa shape index (κ1) is 24.6. The Morgan fingerprint density at radius 3 is 1.27 bits per heavy atom. The molecule has 0 saturated heterocycles. The van der Waals surface area contributed by atoms with Gasteiger partial charge in [0, 0.05) is 6.54 Å². The molecule has 1 N–H and O–H groups in total.